The summed E-state index contributed by atoms with van der Waals surface area (Å²) < 4.78 is 126. The van der Waals surface area contributed by atoms with Crippen LogP contribution < -0.4 is 19.5 Å². The summed E-state index contributed by atoms with van der Waals surface area (Å²) in [6.07, 6.45) is -9.37. The van der Waals surface area contributed by atoms with Gasteiger partial charge in [0.2, 0.25) is 11.6 Å². The summed E-state index contributed by atoms with van der Waals surface area (Å²) >= 11 is 0. The number of esters is 1. The van der Waals surface area contributed by atoms with Crippen LogP contribution in [0.4, 0.5) is 40.8 Å². The third-order valence-corrected chi connectivity index (χ3v) is 5.09. The fourth-order valence-corrected chi connectivity index (χ4v) is 3.34. The number of carbonyl (C=O) groups is 2. The molecule has 1 N–H and O–H groups in total. The fraction of sp³-hybridized carbons (Fsp3) is 0.208. The van der Waals surface area contributed by atoms with E-state index in [1.54, 1.807) is 0 Å². The fourth-order valence-electron chi connectivity index (χ4n) is 3.34. The zero-order chi connectivity index (χ0) is 30.0. The molecule has 0 aliphatic heterocycles. The SMILES string of the molecule is COC(=O)c1cc(NC(=O)c2c(Oc3ccc(OC(F)(F)F)c(F)c3OC)cc(C(F)(F)F)c(C)c2F)ccn1. The summed E-state index contributed by atoms with van der Waals surface area (Å²) in [5, 5.41) is 2.17. The van der Waals surface area contributed by atoms with Crippen molar-refractivity contribution in [1.29, 1.82) is 0 Å². The number of alkyl halides is 6. The molecule has 40 heavy (non-hydrogen) atoms. The second-order valence-electron chi connectivity index (χ2n) is 7.67. The Balaban J connectivity index is 2.14. The van der Waals surface area contributed by atoms with Gasteiger partial charge in [-0.25, -0.2) is 14.2 Å². The molecule has 2 aromatic carbocycles. The van der Waals surface area contributed by atoms with Crippen molar-refractivity contribution in [3.05, 3.63) is 70.5 Å². The number of hydrogen-bond donors (Lipinski definition) is 1. The summed E-state index contributed by atoms with van der Waals surface area (Å²) in [5.41, 5.74) is -4.09. The minimum absolute atomic E-state index is 0.152. The first kappa shape index (κ1) is 29.9. The molecule has 0 aliphatic carbocycles. The minimum atomic E-state index is -5.30. The number of anilines is 1. The van der Waals surface area contributed by atoms with Crippen LogP contribution in [0.2, 0.25) is 0 Å². The molecule has 3 rings (SSSR count). The number of halogens is 8. The maximum absolute atomic E-state index is 15.3. The van der Waals surface area contributed by atoms with E-state index in [2.05, 4.69) is 24.5 Å². The molecule has 0 atom stereocenters. The molecule has 1 amide bonds. The Bertz CT molecular complexity index is 1460. The summed E-state index contributed by atoms with van der Waals surface area (Å²) in [6, 6.07) is 3.51. The molecule has 0 aliphatic rings. The van der Waals surface area contributed by atoms with Gasteiger partial charge in [-0.05, 0) is 42.8 Å². The van der Waals surface area contributed by atoms with Gasteiger partial charge in [0.1, 0.15) is 22.8 Å². The lowest BCUT2D eigenvalue weighted by molar-refractivity contribution is -0.275. The molecule has 8 nitrogen and oxygen atoms in total. The highest BCUT2D eigenvalue weighted by Gasteiger charge is 2.38. The molecule has 1 aromatic heterocycles. The van der Waals surface area contributed by atoms with Gasteiger partial charge in [0, 0.05) is 11.9 Å². The van der Waals surface area contributed by atoms with E-state index in [0.717, 1.165) is 39.5 Å². The second-order valence-corrected chi connectivity index (χ2v) is 7.67. The number of benzene rings is 2. The van der Waals surface area contributed by atoms with Crippen LogP contribution in [0.15, 0.2) is 36.5 Å². The molecule has 0 saturated heterocycles. The molecule has 214 valence electrons. The third-order valence-electron chi connectivity index (χ3n) is 5.09. The molecular formula is C24H16F8N2O6. The van der Waals surface area contributed by atoms with E-state index in [1.807, 2.05) is 0 Å². The van der Waals surface area contributed by atoms with Crippen molar-refractivity contribution >= 4 is 17.6 Å². The topological polar surface area (TPSA) is 96.0 Å². The van der Waals surface area contributed by atoms with Gasteiger partial charge in [0.05, 0.1) is 19.8 Å². The zero-order valence-corrected chi connectivity index (χ0v) is 20.4. The van der Waals surface area contributed by atoms with Gasteiger partial charge in [-0.3, -0.25) is 4.79 Å². The largest absolute Gasteiger partial charge is 0.573 e. The van der Waals surface area contributed by atoms with Crippen molar-refractivity contribution in [3.63, 3.8) is 0 Å². The number of amides is 1. The van der Waals surface area contributed by atoms with Crippen molar-refractivity contribution in [2.24, 2.45) is 0 Å². The van der Waals surface area contributed by atoms with E-state index in [-0.39, 0.29) is 17.4 Å². The van der Waals surface area contributed by atoms with Gasteiger partial charge in [-0.1, -0.05) is 0 Å². The average molecular weight is 580 g/mol. The predicted octanol–water partition coefficient (Wildman–Crippen LogP) is 6.43. The number of pyridine rings is 1. The number of nitrogens with one attached hydrogen (secondary N) is 1. The summed E-state index contributed by atoms with van der Waals surface area (Å²) in [5.74, 6) is -10.0. The quantitative estimate of drug-likeness (QED) is 0.254. The van der Waals surface area contributed by atoms with Crippen LogP contribution in [0.3, 0.4) is 0 Å². The first-order valence-electron chi connectivity index (χ1n) is 10.6. The van der Waals surface area contributed by atoms with E-state index < -0.39 is 75.7 Å². The summed E-state index contributed by atoms with van der Waals surface area (Å²) in [7, 11) is 1.85. The first-order chi connectivity index (χ1) is 18.6. The van der Waals surface area contributed by atoms with Gasteiger partial charge >= 0.3 is 18.5 Å². The van der Waals surface area contributed by atoms with E-state index in [9.17, 15) is 40.3 Å². The zero-order valence-electron chi connectivity index (χ0n) is 20.4. The lowest BCUT2D eigenvalue weighted by Crippen LogP contribution is -2.19. The molecule has 0 fully saturated rings. The van der Waals surface area contributed by atoms with Crippen molar-refractivity contribution in [2.45, 2.75) is 19.5 Å². The molecule has 0 bridgehead atoms. The van der Waals surface area contributed by atoms with Gasteiger partial charge < -0.3 is 24.3 Å². The lowest BCUT2D eigenvalue weighted by Gasteiger charge is -2.20. The number of rotatable bonds is 7. The van der Waals surface area contributed by atoms with Crippen molar-refractivity contribution in [2.75, 3.05) is 19.5 Å². The maximum atomic E-state index is 15.3. The van der Waals surface area contributed by atoms with Crippen molar-refractivity contribution in [1.82, 2.24) is 4.98 Å². The van der Waals surface area contributed by atoms with Crippen LogP contribution in [0, 0.1) is 18.6 Å². The van der Waals surface area contributed by atoms with Crippen molar-refractivity contribution in [3.8, 4) is 23.0 Å². The molecule has 0 unspecified atom stereocenters. The Morgan fingerprint density at radius 3 is 2.12 bits per heavy atom. The van der Waals surface area contributed by atoms with E-state index >= 15 is 4.39 Å². The molecule has 0 spiro atoms. The van der Waals surface area contributed by atoms with Gasteiger partial charge in [-0.2, -0.15) is 17.6 Å². The van der Waals surface area contributed by atoms with Gasteiger partial charge in [0.25, 0.3) is 5.91 Å². The predicted molar refractivity (Wildman–Crippen MR) is 119 cm³/mol. The smallest absolute Gasteiger partial charge is 0.490 e. The van der Waals surface area contributed by atoms with Crippen LogP contribution in [0.5, 0.6) is 23.0 Å². The van der Waals surface area contributed by atoms with E-state index in [4.69, 9.17) is 4.74 Å². The number of carbonyl (C=O) groups excluding carboxylic acids is 2. The average Bonchev–Trinajstić information content (AvgIpc) is 2.86. The minimum Gasteiger partial charge on any atom is -0.490 e. The molecule has 0 saturated carbocycles. The van der Waals surface area contributed by atoms with E-state index in [1.165, 1.54) is 0 Å². The van der Waals surface area contributed by atoms with E-state index in [0.29, 0.717) is 12.1 Å². The molecule has 0 radical (unpaired) electrons. The van der Waals surface area contributed by atoms with Gasteiger partial charge in [0.15, 0.2) is 11.5 Å². The highest BCUT2D eigenvalue weighted by atomic mass is 19.4. The summed E-state index contributed by atoms with van der Waals surface area (Å²) in [6.45, 7) is 0.740. The standard InChI is InChI=1S/C24H16F8N2O6/c1-10-12(23(27,28)29)9-16(39-15-5-4-14(40-24(30,31)32)19(26)20(15)37-2)17(18(10)25)21(35)34-11-6-7-33-13(8-11)22(36)38-3/h4-9H,1-3H3,(H,33,34,35). The first-order valence-corrected chi connectivity index (χ1v) is 10.6. The normalized spacial score (nSPS) is 11.6. The molecule has 3 aromatic rings. The number of ether oxygens (including phenoxy) is 4. The molecule has 16 heteroatoms. The second kappa shape index (κ2) is 11.2. The van der Waals surface area contributed by atoms with Crippen LogP contribution in [0.1, 0.15) is 32.0 Å². The number of methoxy groups -OCH3 is 2. The van der Waals surface area contributed by atoms with Crippen molar-refractivity contribution < 1.29 is 63.7 Å². The Hall–Kier alpha value is -4.63. The lowest BCUT2D eigenvalue weighted by atomic mass is 10.0. The number of hydrogen-bond acceptors (Lipinski definition) is 7. The molecule has 1 heterocycles. The Morgan fingerprint density at radius 1 is 0.900 bits per heavy atom. The third kappa shape index (κ3) is 6.50. The van der Waals surface area contributed by atoms with Crippen LogP contribution in [-0.2, 0) is 10.9 Å². The van der Waals surface area contributed by atoms with Crippen LogP contribution in [0.25, 0.3) is 0 Å². The molecular weight excluding hydrogens is 564 g/mol. The number of nitrogens with zero attached hydrogens (tertiary/aromatic N) is 1. The highest BCUT2D eigenvalue weighted by molar-refractivity contribution is 6.07. The Kier molecular flexibility index (Phi) is 8.40. The van der Waals surface area contributed by atoms with Gasteiger partial charge in [-0.15, -0.1) is 13.2 Å². The summed E-state index contributed by atoms with van der Waals surface area (Å²) in [4.78, 5) is 28.5. The Labute approximate surface area is 219 Å². The Morgan fingerprint density at radius 2 is 1.55 bits per heavy atom. The monoisotopic (exact) mass is 580 g/mol. The maximum Gasteiger partial charge on any atom is 0.573 e. The number of aromatic nitrogens is 1. The van der Waals surface area contributed by atoms with Crippen LogP contribution in [-0.4, -0.2) is 37.4 Å². The highest BCUT2D eigenvalue weighted by Crippen LogP contribution is 2.43. The van der Waals surface area contributed by atoms with Crippen LogP contribution >= 0.6 is 0 Å².